The molecule has 0 saturated heterocycles. The molecule has 0 aromatic heterocycles. The van der Waals surface area contributed by atoms with Gasteiger partial charge in [-0.1, -0.05) is 0 Å². The van der Waals surface area contributed by atoms with E-state index in [1.165, 1.54) is 4.74 Å². The first-order valence-corrected chi connectivity index (χ1v) is 8.69. The number of alkyl halides is 25. The van der Waals surface area contributed by atoms with Crippen LogP contribution in [0.5, 0.6) is 0 Å². The second-order valence-electron chi connectivity index (χ2n) is 7.11. The molecule has 0 aromatic carbocycles. The lowest BCUT2D eigenvalue weighted by atomic mass is 9.85. The van der Waals surface area contributed by atoms with Crippen molar-refractivity contribution in [2.24, 2.45) is 0 Å². The van der Waals surface area contributed by atoms with Crippen LogP contribution >= 0.6 is 11.6 Å². The fourth-order valence-corrected chi connectivity index (χ4v) is 2.20. The van der Waals surface area contributed by atoms with Crippen LogP contribution in [0.15, 0.2) is 0 Å². The lowest BCUT2D eigenvalue weighted by Gasteiger charge is -2.45. The molecule has 246 valence electrons. The van der Waals surface area contributed by atoms with E-state index in [2.05, 4.69) is 11.6 Å². The maximum Gasteiger partial charge on any atom is 0.445 e. The van der Waals surface area contributed by atoms with Crippen LogP contribution in [0.2, 0.25) is 0 Å². The monoisotopic (exact) mass is 696 g/mol. The number of carboxylic acids is 1. The van der Waals surface area contributed by atoms with Crippen LogP contribution in [-0.4, -0.2) is 82.0 Å². The Morgan fingerprint density at radius 3 is 0.805 bits per heavy atom. The Kier molecular flexibility index (Phi) is 9.07. The molecule has 0 fully saturated rings. The van der Waals surface area contributed by atoms with Gasteiger partial charge in [-0.05, 0) is 11.6 Å². The highest BCUT2D eigenvalue weighted by Gasteiger charge is 2.99. The smallest absolute Gasteiger partial charge is 0.445 e. The quantitative estimate of drug-likeness (QED) is 0.158. The van der Waals surface area contributed by atoms with Crippen LogP contribution in [0.4, 0.5) is 105 Å². The van der Waals surface area contributed by atoms with Crippen molar-refractivity contribution in [2.75, 3.05) is 0 Å². The van der Waals surface area contributed by atoms with E-state index in [1.54, 1.807) is 0 Å². The SMILES string of the molecule is O=C(O)C(F)(F)C(F)(F)C(F)(F)C(F)(F)C(F)(F)C(F)(F)C(F)(F)C(F)(F)C(F)(F)C(F)(F)C(F)(F)OC(F)(F)Cl. The molecule has 3 nitrogen and oxygen atoms in total. The van der Waals surface area contributed by atoms with Crippen molar-refractivity contribution in [3.05, 3.63) is 0 Å². The summed E-state index contributed by atoms with van der Waals surface area (Å²) in [6.45, 7) is 0. The molecule has 0 aliphatic rings. The third kappa shape index (κ3) is 4.94. The number of aliphatic carboxylic acids is 1. The first kappa shape index (κ1) is 39.0. The minimum Gasteiger partial charge on any atom is -0.477 e. The van der Waals surface area contributed by atoms with Gasteiger partial charge in [0.15, 0.2) is 0 Å². The number of hydrogen-bond donors (Lipinski definition) is 1. The van der Waals surface area contributed by atoms with Crippen LogP contribution in [0.3, 0.4) is 0 Å². The van der Waals surface area contributed by atoms with Crippen LogP contribution in [0.1, 0.15) is 0 Å². The zero-order valence-electron chi connectivity index (χ0n) is 17.2. The molecule has 0 radical (unpaired) electrons. The highest BCUT2D eigenvalue weighted by molar-refractivity contribution is 6.20. The Labute approximate surface area is 209 Å². The predicted molar refractivity (Wildman–Crippen MR) is 73.9 cm³/mol. The van der Waals surface area contributed by atoms with Crippen molar-refractivity contribution in [3.63, 3.8) is 0 Å². The van der Waals surface area contributed by atoms with Gasteiger partial charge in [-0.2, -0.15) is 105 Å². The van der Waals surface area contributed by atoms with Gasteiger partial charge in [0.2, 0.25) is 0 Å². The van der Waals surface area contributed by atoms with Crippen molar-refractivity contribution < 1.29 is 120 Å². The van der Waals surface area contributed by atoms with Gasteiger partial charge < -0.3 is 5.11 Å². The molecule has 1 N–H and O–H groups in total. The highest BCUT2D eigenvalue weighted by atomic mass is 35.5. The summed E-state index contributed by atoms with van der Waals surface area (Å²) in [5.41, 5.74) is -6.35. The summed E-state index contributed by atoms with van der Waals surface area (Å²) in [4.78, 5) is 9.91. The van der Waals surface area contributed by atoms with Crippen molar-refractivity contribution in [1.82, 2.24) is 0 Å². The summed E-state index contributed by atoms with van der Waals surface area (Å²) in [5, 5.41) is 7.66. The molecule has 0 atom stereocenters. The summed E-state index contributed by atoms with van der Waals surface area (Å²) in [6, 6.07) is 0. The fraction of sp³-hybridized carbons (Fsp3) is 0.923. The lowest BCUT2D eigenvalue weighted by Crippen LogP contribution is -2.78. The summed E-state index contributed by atoms with van der Waals surface area (Å²) in [5.74, 6) is -95.7. The molecule has 0 bridgehead atoms. The van der Waals surface area contributed by atoms with E-state index in [9.17, 15) is 110 Å². The minimum absolute atomic E-state index is 1.36. The molecule has 0 spiro atoms. The average Bonchev–Trinajstić information content (AvgIpc) is 2.70. The normalized spacial score (nSPS) is 16.7. The van der Waals surface area contributed by atoms with Gasteiger partial charge in [0.1, 0.15) is 0 Å². The molecule has 0 rings (SSSR count). The summed E-state index contributed by atoms with van der Waals surface area (Å²) < 4.78 is 318. The molecular formula is C13HClF24O3. The van der Waals surface area contributed by atoms with E-state index in [-0.39, 0.29) is 0 Å². The maximum atomic E-state index is 13.6. The molecule has 41 heavy (non-hydrogen) atoms. The number of ether oxygens (including phenoxy) is 1. The van der Waals surface area contributed by atoms with Gasteiger partial charge in [-0.15, -0.1) is 0 Å². The van der Waals surface area contributed by atoms with Crippen LogP contribution in [-0.2, 0) is 9.53 Å². The van der Waals surface area contributed by atoms with Gasteiger partial charge in [-0.25, -0.2) is 9.53 Å². The number of hydrogen-bond acceptors (Lipinski definition) is 2. The van der Waals surface area contributed by atoms with E-state index >= 15 is 0 Å². The van der Waals surface area contributed by atoms with Gasteiger partial charge in [0, 0.05) is 0 Å². The summed E-state index contributed by atoms with van der Waals surface area (Å²) in [7, 11) is 0. The Hall–Kier alpha value is -1.96. The van der Waals surface area contributed by atoms with Crippen molar-refractivity contribution in [1.29, 1.82) is 0 Å². The van der Waals surface area contributed by atoms with E-state index < -0.39 is 76.9 Å². The minimum atomic E-state index is -9.61. The molecule has 0 heterocycles. The molecule has 28 heteroatoms. The van der Waals surface area contributed by atoms with Crippen LogP contribution in [0.25, 0.3) is 0 Å². The summed E-state index contributed by atoms with van der Waals surface area (Å²) >= 11 is 3.42. The molecule has 0 aliphatic carbocycles. The van der Waals surface area contributed by atoms with E-state index in [1.807, 2.05) is 0 Å². The van der Waals surface area contributed by atoms with Gasteiger partial charge in [0.25, 0.3) is 0 Å². The number of carboxylic acid groups (broad SMARTS) is 1. The Morgan fingerprint density at radius 1 is 0.415 bits per heavy atom. The van der Waals surface area contributed by atoms with Gasteiger partial charge in [0.05, 0.1) is 0 Å². The highest BCUT2D eigenvalue weighted by Crippen LogP contribution is 2.67. The van der Waals surface area contributed by atoms with E-state index in [0.29, 0.717) is 0 Å². The Balaban J connectivity index is 7.30. The van der Waals surface area contributed by atoms with Gasteiger partial charge in [-0.3, -0.25) is 0 Å². The molecule has 0 amide bonds. The molecular weight excluding hydrogens is 696 g/mol. The Bertz CT molecular complexity index is 995. The van der Waals surface area contributed by atoms with E-state index in [4.69, 9.17) is 5.11 Å². The maximum absolute atomic E-state index is 13.6. The first-order chi connectivity index (χ1) is 17.2. The third-order valence-electron chi connectivity index (χ3n) is 4.43. The largest absolute Gasteiger partial charge is 0.477 e. The number of rotatable bonds is 13. The second kappa shape index (κ2) is 9.52. The Morgan fingerprint density at radius 2 is 0.610 bits per heavy atom. The summed E-state index contributed by atoms with van der Waals surface area (Å²) in [6.07, 6.45) is -8.03. The van der Waals surface area contributed by atoms with Gasteiger partial charge >= 0.3 is 76.9 Å². The van der Waals surface area contributed by atoms with Crippen molar-refractivity contribution >= 4 is 17.6 Å². The molecule has 0 saturated carbocycles. The van der Waals surface area contributed by atoms with Crippen LogP contribution in [0, 0.1) is 0 Å². The zero-order chi connectivity index (χ0) is 34.3. The average molecular weight is 697 g/mol. The van der Waals surface area contributed by atoms with Crippen LogP contribution < -0.4 is 0 Å². The number of carbonyl (C=O) groups is 1. The lowest BCUT2D eigenvalue weighted by molar-refractivity contribution is -0.493. The molecule has 0 aromatic rings. The molecule has 0 unspecified atom stereocenters. The topological polar surface area (TPSA) is 46.5 Å². The fourth-order valence-electron chi connectivity index (χ4n) is 2.10. The first-order valence-electron chi connectivity index (χ1n) is 8.31. The van der Waals surface area contributed by atoms with Crippen molar-refractivity contribution in [3.8, 4) is 0 Å². The number of halogens is 25. The molecule has 0 aliphatic heterocycles. The second-order valence-corrected chi connectivity index (χ2v) is 7.55. The zero-order valence-corrected chi connectivity index (χ0v) is 18.0. The van der Waals surface area contributed by atoms with E-state index in [0.717, 1.165) is 0 Å². The van der Waals surface area contributed by atoms with Crippen molar-refractivity contribution in [2.45, 2.75) is 70.9 Å². The third-order valence-corrected chi connectivity index (χ3v) is 4.50. The standard InChI is InChI=1S/C13HClF24O3/c14-13(37,38)41-12(35,36)11(33,34)10(31,32)9(29,30)8(27,28)7(25,26)6(23,24)5(21,22)4(19,20)3(17,18)2(15,16)1(39)40/h(H,39,40). The predicted octanol–water partition coefficient (Wildman–Crippen LogP) is 7.82.